The Kier molecular flexibility index (Phi) is 4.86. The molecule has 7 nitrogen and oxygen atoms in total. The number of hydrogen-bond acceptors (Lipinski definition) is 5. The van der Waals surface area contributed by atoms with Gasteiger partial charge < -0.3 is 10.2 Å². The highest BCUT2D eigenvalue weighted by Gasteiger charge is 2.23. The van der Waals surface area contributed by atoms with Crippen molar-refractivity contribution in [1.82, 2.24) is 25.0 Å². The molecule has 130 valence electrons. The van der Waals surface area contributed by atoms with E-state index >= 15 is 0 Å². The molecule has 0 spiro atoms. The van der Waals surface area contributed by atoms with Crippen LogP contribution in [0.2, 0.25) is 0 Å². The molecule has 0 radical (unpaired) electrons. The van der Waals surface area contributed by atoms with E-state index in [1.54, 1.807) is 23.7 Å². The lowest BCUT2D eigenvalue weighted by Gasteiger charge is -2.34. The average Bonchev–Trinajstić information content (AvgIpc) is 3.19. The molecule has 3 rings (SSSR count). The highest BCUT2D eigenvalue weighted by molar-refractivity contribution is 7.09. The smallest absolute Gasteiger partial charge is 0.322 e. The maximum Gasteiger partial charge on any atom is 0.322 e. The highest BCUT2D eigenvalue weighted by atomic mass is 32.1. The lowest BCUT2D eigenvalue weighted by Crippen LogP contribution is -2.49. The summed E-state index contributed by atoms with van der Waals surface area (Å²) in [5, 5.41) is 12.7. The molecule has 0 unspecified atom stereocenters. The second-order valence-electron chi connectivity index (χ2n) is 7.07. The van der Waals surface area contributed by atoms with Gasteiger partial charge in [0.1, 0.15) is 0 Å². The Balaban J connectivity index is 1.48. The van der Waals surface area contributed by atoms with Crippen molar-refractivity contribution in [3.8, 4) is 0 Å². The molecule has 3 heterocycles. The normalized spacial score (nSPS) is 16.4. The molecule has 0 bridgehead atoms. The molecule has 1 aliphatic rings. The largest absolute Gasteiger partial charge is 0.322 e. The number of rotatable bonds is 3. The second kappa shape index (κ2) is 6.90. The lowest BCUT2D eigenvalue weighted by molar-refractivity contribution is 0.142. The van der Waals surface area contributed by atoms with E-state index in [-0.39, 0.29) is 11.4 Å². The van der Waals surface area contributed by atoms with Crippen molar-refractivity contribution in [2.45, 2.75) is 32.7 Å². The fourth-order valence-corrected chi connectivity index (χ4v) is 3.48. The van der Waals surface area contributed by atoms with Crippen molar-refractivity contribution < 1.29 is 4.79 Å². The van der Waals surface area contributed by atoms with E-state index in [0.29, 0.717) is 5.69 Å². The minimum atomic E-state index is -0.0697. The second-order valence-corrected chi connectivity index (χ2v) is 7.93. The van der Waals surface area contributed by atoms with E-state index < -0.39 is 0 Å². The van der Waals surface area contributed by atoms with Gasteiger partial charge in [-0.15, -0.1) is 11.3 Å². The van der Waals surface area contributed by atoms with Crippen molar-refractivity contribution in [1.29, 1.82) is 0 Å². The highest BCUT2D eigenvalue weighted by Crippen LogP contribution is 2.26. The Morgan fingerprint density at radius 2 is 2.08 bits per heavy atom. The van der Waals surface area contributed by atoms with E-state index in [4.69, 9.17) is 4.98 Å². The summed E-state index contributed by atoms with van der Waals surface area (Å²) in [4.78, 5) is 21.1. The van der Waals surface area contributed by atoms with E-state index in [1.807, 2.05) is 4.90 Å². The summed E-state index contributed by atoms with van der Waals surface area (Å²) in [6, 6.07) is -0.0697. The van der Waals surface area contributed by atoms with Crippen molar-refractivity contribution in [2.24, 2.45) is 0 Å². The van der Waals surface area contributed by atoms with Crippen LogP contribution in [0.15, 0.2) is 17.8 Å². The zero-order chi connectivity index (χ0) is 17.2. The number of anilines is 1. The molecule has 0 atom stereocenters. The van der Waals surface area contributed by atoms with Crippen LogP contribution >= 0.6 is 11.3 Å². The standard InChI is InChI=1S/C16H24N6OS/c1-16(2,3)14-19-13(11-24-14)10-21-4-6-22(7-5-21)15(23)20-12-8-17-18-9-12/h8-9,11H,4-7,10H2,1-3H3,(H,17,18)(H,20,23). The Morgan fingerprint density at radius 3 is 2.67 bits per heavy atom. The van der Waals surface area contributed by atoms with E-state index in [2.05, 4.69) is 46.6 Å². The first-order valence-corrected chi connectivity index (χ1v) is 9.02. The number of nitrogens with one attached hydrogen (secondary N) is 2. The molecule has 0 aromatic carbocycles. The summed E-state index contributed by atoms with van der Waals surface area (Å²) in [6.07, 6.45) is 3.27. The third-order valence-corrected chi connectivity index (χ3v) is 5.30. The van der Waals surface area contributed by atoms with Gasteiger partial charge >= 0.3 is 6.03 Å². The van der Waals surface area contributed by atoms with Crippen LogP contribution in [0.4, 0.5) is 10.5 Å². The Morgan fingerprint density at radius 1 is 1.33 bits per heavy atom. The first-order chi connectivity index (χ1) is 11.4. The van der Waals surface area contributed by atoms with Crippen LogP contribution in [0.1, 0.15) is 31.5 Å². The molecule has 1 fully saturated rings. The van der Waals surface area contributed by atoms with Crippen LogP contribution in [-0.2, 0) is 12.0 Å². The summed E-state index contributed by atoms with van der Waals surface area (Å²) in [5.41, 5.74) is 1.92. The topological polar surface area (TPSA) is 77.2 Å². The number of carbonyl (C=O) groups excluding carboxylic acids is 1. The number of H-pyrrole nitrogens is 1. The van der Waals surface area contributed by atoms with Crippen LogP contribution < -0.4 is 5.32 Å². The minimum absolute atomic E-state index is 0.0697. The average molecular weight is 348 g/mol. The predicted octanol–water partition coefficient (Wildman–Crippen LogP) is 2.51. The SMILES string of the molecule is CC(C)(C)c1nc(CN2CCN(C(=O)Nc3cn[nH]c3)CC2)cs1. The molecular weight excluding hydrogens is 324 g/mol. The molecule has 2 aromatic heterocycles. The number of carbonyl (C=O) groups is 1. The number of aromatic nitrogens is 3. The predicted molar refractivity (Wildman–Crippen MR) is 95.3 cm³/mol. The first kappa shape index (κ1) is 16.9. The first-order valence-electron chi connectivity index (χ1n) is 8.14. The quantitative estimate of drug-likeness (QED) is 0.893. The number of piperazine rings is 1. The zero-order valence-corrected chi connectivity index (χ0v) is 15.2. The van der Waals surface area contributed by atoms with Crippen molar-refractivity contribution in [2.75, 3.05) is 31.5 Å². The molecule has 1 saturated heterocycles. The summed E-state index contributed by atoms with van der Waals surface area (Å²) in [5.74, 6) is 0. The van der Waals surface area contributed by atoms with Crippen molar-refractivity contribution >= 4 is 23.1 Å². The number of aromatic amines is 1. The maximum atomic E-state index is 12.2. The van der Waals surface area contributed by atoms with Crippen molar-refractivity contribution in [3.05, 3.63) is 28.5 Å². The summed E-state index contributed by atoms with van der Waals surface area (Å²) >= 11 is 1.73. The van der Waals surface area contributed by atoms with Gasteiger partial charge in [0.05, 0.1) is 22.6 Å². The Hall–Kier alpha value is -1.93. The van der Waals surface area contributed by atoms with Gasteiger partial charge in [0.2, 0.25) is 0 Å². The number of amides is 2. The molecular formula is C16H24N6OS. The van der Waals surface area contributed by atoms with E-state index in [1.165, 1.54) is 5.01 Å². The zero-order valence-electron chi connectivity index (χ0n) is 14.4. The fraction of sp³-hybridized carbons (Fsp3) is 0.562. The Labute approximate surface area is 146 Å². The van der Waals surface area contributed by atoms with Crippen molar-refractivity contribution in [3.63, 3.8) is 0 Å². The summed E-state index contributed by atoms with van der Waals surface area (Å²) in [6.45, 7) is 10.6. The third kappa shape index (κ3) is 4.12. The molecule has 0 saturated carbocycles. The summed E-state index contributed by atoms with van der Waals surface area (Å²) in [7, 11) is 0. The van der Waals surface area contributed by atoms with Gasteiger partial charge in [-0.3, -0.25) is 10.00 Å². The van der Waals surface area contributed by atoms with Crippen LogP contribution in [0, 0.1) is 0 Å². The number of urea groups is 1. The minimum Gasteiger partial charge on any atom is -0.322 e. The Bertz CT molecular complexity index is 667. The van der Waals surface area contributed by atoms with Gasteiger partial charge in [0.15, 0.2) is 0 Å². The van der Waals surface area contributed by atoms with E-state index in [0.717, 1.165) is 38.4 Å². The van der Waals surface area contributed by atoms with E-state index in [9.17, 15) is 4.79 Å². The van der Waals surface area contributed by atoms with Gasteiger partial charge in [-0.1, -0.05) is 20.8 Å². The van der Waals surface area contributed by atoms with Crippen LogP contribution in [-0.4, -0.2) is 57.2 Å². The lowest BCUT2D eigenvalue weighted by atomic mass is 9.98. The third-order valence-electron chi connectivity index (χ3n) is 3.99. The molecule has 2 aromatic rings. The van der Waals surface area contributed by atoms with Gasteiger partial charge in [-0.05, 0) is 0 Å². The molecule has 1 aliphatic heterocycles. The van der Waals surface area contributed by atoms with Gasteiger partial charge in [-0.2, -0.15) is 5.10 Å². The molecule has 24 heavy (non-hydrogen) atoms. The molecule has 2 amide bonds. The summed E-state index contributed by atoms with van der Waals surface area (Å²) < 4.78 is 0. The van der Waals surface area contributed by atoms with Crippen LogP contribution in [0.5, 0.6) is 0 Å². The number of thiazole rings is 1. The maximum absolute atomic E-state index is 12.2. The van der Waals surface area contributed by atoms with Gasteiger partial charge in [0.25, 0.3) is 0 Å². The fourth-order valence-electron chi connectivity index (χ4n) is 2.58. The monoisotopic (exact) mass is 348 g/mol. The molecule has 0 aliphatic carbocycles. The van der Waals surface area contributed by atoms with Gasteiger partial charge in [0, 0.05) is 49.7 Å². The number of nitrogens with zero attached hydrogens (tertiary/aromatic N) is 4. The van der Waals surface area contributed by atoms with Crippen LogP contribution in [0.3, 0.4) is 0 Å². The number of hydrogen-bond donors (Lipinski definition) is 2. The molecule has 8 heteroatoms. The van der Waals surface area contributed by atoms with Gasteiger partial charge in [-0.25, -0.2) is 9.78 Å². The molecule has 2 N–H and O–H groups in total. The van der Waals surface area contributed by atoms with Crippen LogP contribution in [0.25, 0.3) is 0 Å².